The van der Waals surface area contributed by atoms with Gasteiger partial charge >= 0.3 is 0 Å². The second-order valence-corrected chi connectivity index (χ2v) is 6.77. The topological polar surface area (TPSA) is 87.9 Å². The van der Waals surface area contributed by atoms with E-state index in [4.69, 9.17) is 9.84 Å². The predicted octanol–water partition coefficient (Wildman–Crippen LogP) is 0.352. The summed E-state index contributed by atoms with van der Waals surface area (Å²) in [5, 5.41) is 16.0. The van der Waals surface area contributed by atoms with Crippen molar-refractivity contribution in [2.75, 3.05) is 57.9 Å². The first-order valence-electron chi connectivity index (χ1n) is 9.66. The smallest absolute Gasteiger partial charge is 0.220 e. The first kappa shape index (κ1) is 19.5. The third kappa shape index (κ3) is 5.36. The Labute approximate surface area is 159 Å². The second-order valence-electron chi connectivity index (χ2n) is 6.77. The van der Waals surface area contributed by atoms with Crippen molar-refractivity contribution < 1.29 is 9.53 Å². The molecule has 3 rings (SSSR count). The van der Waals surface area contributed by atoms with Gasteiger partial charge in [-0.3, -0.25) is 4.79 Å². The Morgan fingerprint density at radius 3 is 2.81 bits per heavy atom. The number of piperazine rings is 1. The molecule has 1 saturated heterocycles. The first-order chi connectivity index (χ1) is 13.2. The largest absolute Gasteiger partial charge is 0.382 e. The van der Waals surface area contributed by atoms with Crippen LogP contribution in [0.3, 0.4) is 0 Å². The quantitative estimate of drug-likeness (QED) is 0.633. The number of carbonyl (C=O) groups excluding carboxylic acids is 1. The Morgan fingerprint density at radius 1 is 1.22 bits per heavy atom. The van der Waals surface area contributed by atoms with Crippen LogP contribution in [-0.4, -0.2) is 83.6 Å². The lowest BCUT2D eigenvalue weighted by Gasteiger charge is -2.33. The number of ether oxygens (including phenoxy) is 1. The summed E-state index contributed by atoms with van der Waals surface area (Å²) < 4.78 is 7.02. The molecule has 148 valence electrons. The van der Waals surface area contributed by atoms with Gasteiger partial charge in [-0.25, -0.2) is 0 Å². The number of aryl methyl sites for hydroxylation is 1. The number of nitrogens with zero attached hydrogens (tertiary/aromatic N) is 6. The van der Waals surface area contributed by atoms with Gasteiger partial charge in [0.1, 0.15) is 5.82 Å². The van der Waals surface area contributed by atoms with Gasteiger partial charge in [-0.2, -0.15) is 4.52 Å². The van der Waals surface area contributed by atoms with Crippen molar-refractivity contribution in [1.29, 1.82) is 0 Å². The van der Waals surface area contributed by atoms with E-state index in [9.17, 15) is 4.79 Å². The third-order valence-corrected chi connectivity index (χ3v) is 4.71. The molecule has 1 aliphatic heterocycles. The maximum atomic E-state index is 12.0. The average molecular weight is 375 g/mol. The van der Waals surface area contributed by atoms with Crippen LogP contribution in [0, 0.1) is 0 Å². The van der Waals surface area contributed by atoms with E-state index < -0.39 is 0 Å². The Bertz CT molecular complexity index is 740. The molecule has 1 N–H and O–H groups in total. The summed E-state index contributed by atoms with van der Waals surface area (Å²) >= 11 is 0. The molecule has 0 atom stereocenters. The van der Waals surface area contributed by atoms with Crippen LogP contribution in [0.25, 0.3) is 5.65 Å². The highest BCUT2D eigenvalue weighted by Crippen LogP contribution is 2.14. The molecule has 3 heterocycles. The lowest BCUT2D eigenvalue weighted by molar-refractivity contribution is -0.121. The van der Waals surface area contributed by atoms with E-state index in [-0.39, 0.29) is 5.91 Å². The van der Waals surface area contributed by atoms with Gasteiger partial charge in [0.05, 0.1) is 0 Å². The highest BCUT2D eigenvalue weighted by atomic mass is 16.5. The van der Waals surface area contributed by atoms with Crippen molar-refractivity contribution in [3.05, 3.63) is 18.0 Å². The van der Waals surface area contributed by atoms with E-state index in [2.05, 4.69) is 32.4 Å². The van der Waals surface area contributed by atoms with Crippen LogP contribution in [0.2, 0.25) is 0 Å². The SMILES string of the molecule is CCOCCCNC(=O)CCc1nnc2ccc(N3CCN(C)CC3)nn12. The number of fused-ring (bicyclic) bond motifs is 1. The van der Waals surface area contributed by atoms with Crippen LogP contribution in [0.1, 0.15) is 25.6 Å². The summed E-state index contributed by atoms with van der Waals surface area (Å²) in [6, 6.07) is 3.93. The molecule has 27 heavy (non-hydrogen) atoms. The van der Waals surface area contributed by atoms with Gasteiger partial charge in [-0.15, -0.1) is 15.3 Å². The zero-order chi connectivity index (χ0) is 19.1. The lowest BCUT2D eigenvalue weighted by atomic mass is 10.3. The van der Waals surface area contributed by atoms with Crippen molar-refractivity contribution in [2.45, 2.75) is 26.2 Å². The number of aromatic nitrogens is 4. The number of carbonyl (C=O) groups is 1. The molecule has 0 aliphatic carbocycles. The summed E-state index contributed by atoms with van der Waals surface area (Å²) in [5.74, 6) is 1.65. The molecule has 0 radical (unpaired) electrons. The Kier molecular flexibility index (Phi) is 6.94. The van der Waals surface area contributed by atoms with Gasteiger partial charge in [0, 0.05) is 58.8 Å². The fraction of sp³-hybridized carbons (Fsp3) is 0.667. The summed E-state index contributed by atoms with van der Waals surface area (Å²) in [6.07, 6.45) is 1.71. The normalized spacial score (nSPS) is 15.4. The number of hydrogen-bond donors (Lipinski definition) is 1. The standard InChI is InChI=1S/C18H29N7O2/c1-3-27-14-4-9-19-18(26)8-7-16-21-20-15-5-6-17(22-25(15)16)24-12-10-23(2)11-13-24/h5-6H,3-4,7-14H2,1-2H3,(H,19,26). The summed E-state index contributed by atoms with van der Waals surface area (Å²) in [4.78, 5) is 16.6. The van der Waals surface area contributed by atoms with Gasteiger partial charge in [-0.1, -0.05) is 0 Å². The van der Waals surface area contributed by atoms with Crippen LogP contribution in [0.4, 0.5) is 5.82 Å². The van der Waals surface area contributed by atoms with E-state index in [1.807, 2.05) is 19.1 Å². The fourth-order valence-electron chi connectivity index (χ4n) is 3.04. The molecule has 0 spiro atoms. The molecule has 1 fully saturated rings. The zero-order valence-corrected chi connectivity index (χ0v) is 16.2. The molecule has 1 aliphatic rings. The molecule has 0 unspecified atom stereocenters. The van der Waals surface area contributed by atoms with E-state index in [1.54, 1.807) is 4.52 Å². The maximum absolute atomic E-state index is 12.0. The Morgan fingerprint density at radius 2 is 2.04 bits per heavy atom. The van der Waals surface area contributed by atoms with Crippen LogP contribution >= 0.6 is 0 Å². The van der Waals surface area contributed by atoms with E-state index in [0.717, 1.165) is 38.4 Å². The second kappa shape index (κ2) is 9.61. The highest BCUT2D eigenvalue weighted by Gasteiger charge is 2.17. The number of anilines is 1. The van der Waals surface area contributed by atoms with Crippen LogP contribution in [0.15, 0.2) is 12.1 Å². The molecule has 0 aromatic carbocycles. The minimum atomic E-state index is 0.0125. The molecule has 2 aromatic rings. The lowest BCUT2D eigenvalue weighted by Crippen LogP contribution is -2.45. The van der Waals surface area contributed by atoms with Crippen molar-refractivity contribution in [2.24, 2.45) is 0 Å². The van der Waals surface area contributed by atoms with E-state index in [0.29, 0.717) is 44.1 Å². The molecule has 9 heteroatoms. The van der Waals surface area contributed by atoms with E-state index >= 15 is 0 Å². The van der Waals surface area contributed by atoms with Gasteiger partial charge in [0.2, 0.25) is 5.91 Å². The van der Waals surface area contributed by atoms with Gasteiger partial charge < -0.3 is 19.9 Å². The average Bonchev–Trinajstić information content (AvgIpc) is 3.09. The van der Waals surface area contributed by atoms with Crippen LogP contribution < -0.4 is 10.2 Å². The summed E-state index contributed by atoms with van der Waals surface area (Å²) in [6.45, 7) is 7.93. The van der Waals surface area contributed by atoms with Crippen LogP contribution in [-0.2, 0) is 16.0 Å². The Hall–Kier alpha value is -2.26. The van der Waals surface area contributed by atoms with Crippen molar-refractivity contribution in [3.63, 3.8) is 0 Å². The predicted molar refractivity (Wildman–Crippen MR) is 103 cm³/mol. The van der Waals surface area contributed by atoms with Crippen molar-refractivity contribution in [3.8, 4) is 0 Å². The van der Waals surface area contributed by atoms with Crippen molar-refractivity contribution >= 4 is 17.4 Å². The summed E-state index contributed by atoms with van der Waals surface area (Å²) in [5.41, 5.74) is 0.708. The zero-order valence-electron chi connectivity index (χ0n) is 16.2. The fourth-order valence-corrected chi connectivity index (χ4v) is 3.04. The molecule has 0 saturated carbocycles. The number of hydrogen-bond acceptors (Lipinski definition) is 7. The maximum Gasteiger partial charge on any atom is 0.220 e. The van der Waals surface area contributed by atoms with Crippen molar-refractivity contribution in [1.82, 2.24) is 30.0 Å². The number of likely N-dealkylation sites (N-methyl/N-ethyl adjacent to an activating group) is 1. The van der Waals surface area contributed by atoms with E-state index in [1.165, 1.54) is 0 Å². The number of amides is 1. The molecular weight excluding hydrogens is 346 g/mol. The first-order valence-corrected chi connectivity index (χ1v) is 9.66. The van der Waals surface area contributed by atoms with Gasteiger partial charge in [0.25, 0.3) is 0 Å². The van der Waals surface area contributed by atoms with Crippen LogP contribution in [0.5, 0.6) is 0 Å². The minimum absolute atomic E-state index is 0.0125. The molecule has 1 amide bonds. The highest BCUT2D eigenvalue weighted by molar-refractivity contribution is 5.76. The number of nitrogens with one attached hydrogen (secondary N) is 1. The summed E-state index contributed by atoms with van der Waals surface area (Å²) in [7, 11) is 2.13. The Balaban J connectivity index is 1.55. The van der Waals surface area contributed by atoms with Gasteiger partial charge in [-0.05, 0) is 32.5 Å². The third-order valence-electron chi connectivity index (χ3n) is 4.71. The molecule has 0 bridgehead atoms. The molecular formula is C18H29N7O2. The molecule has 2 aromatic heterocycles. The minimum Gasteiger partial charge on any atom is -0.382 e. The van der Waals surface area contributed by atoms with Gasteiger partial charge in [0.15, 0.2) is 11.5 Å². The monoisotopic (exact) mass is 375 g/mol. The molecule has 9 nitrogen and oxygen atoms in total. The number of rotatable bonds is 9.